The maximum Gasteiger partial charge on any atom is 0.246 e. The van der Waals surface area contributed by atoms with Gasteiger partial charge in [-0.05, 0) is 39.3 Å². The number of ether oxygens (including phenoxy) is 1. The van der Waals surface area contributed by atoms with Crippen molar-refractivity contribution in [2.24, 2.45) is 0 Å². The summed E-state index contributed by atoms with van der Waals surface area (Å²) in [5.41, 5.74) is 0.141. The first-order valence-electron chi connectivity index (χ1n) is 6.67. The Hall–Kier alpha value is -0.330. The zero-order valence-electron chi connectivity index (χ0n) is 12.5. The molecule has 0 bridgehead atoms. The van der Waals surface area contributed by atoms with E-state index in [1.54, 1.807) is 19.1 Å². The van der Waals surface area contributed by atoms with Gasteiger partial charge in [0, 0.05) is 12.6 Å². The van der Waals surface area contributed by atoms with Crippen molar-refractivity contribution in [3.05, 3.63) is 27.7 Å². The van der Waals surface area contributed by atoms with E-state index in [-0.39, 0.29) is 27.5 Å². The molecule has 4 nitrogen and oxygen atoms in total. The summed E-state index contributed by atoms with van der Waals surface area (Å²) in [5, 5.41) is 0.320. The van der Waals surface area contributed by atoms with Crippen LogP contribution in [0.2, 0.25) is 10.0 Å². The Kier molecular flexibility index (Phi) is 4.63. The van der Waals surface area contributed by atoms with Crippen LogP contribution in [0.25, 0.3) is 0 Å². The standard InChI is InChI=1S/C14H19Cl2NO3S/c1-9-5-6-11(15)13(12(9)16)21(18,19)17-8-14(3,4)20-7-10(17)2/h5-6,10H,7-8H2,1-4H3/t10-/m0/s1. The highest BCUT2D eigenvalue weighted by Gasteiger charge is 2.40. The smallest absolute Gasteiger partial charge is 0.246 e. The van der Waals surface area contributed by atoms with Crippen molar-refractivity contribution < 1.29 is 13.2 Å². The Bertz CT molecular complexity index is 658. The molecular formula is C14H19Cl2NO3S. The van der Waals surface area contributed by atoms with Crippen molar-refractivity contribution in [2.45, 2.75) is 44.2 Å². The number of aryl methyl sites for hydroxylation is 1. The molecule has 7 heteroatoms. The number of morpholine rings is 1. The van der Waals surface area contributed by atoms with E-state index < -0.39 is 15.6 Å². The van der Waals surface area contributed by atoms with Crippen LogP contribution in [0.15, 0.2) is 17.0 Å². The summed E-state index contributed by atoms with van der Waals surface area (Å²) < 4.78 is 33.0. The second kappa shape index (κ2) is 5.70. The fourth-order valence-electron chi connectivity index (χ4n) is 2.31. The zero-order valence-corrected chi connectivity index (χ0v) is 14.8. The summed E-state index contributed by atoms with van der Waals surface area (Å²) in [4.78, 5) is -0.0182. The van der Waals surface area contributed by atoms with Gasteiger partial charge in [0.2, 0.25) is 10.0 Å². The molecule has 0 saturated carbocycles. The van der Waals surface area contributed by atoms with Gasteiger partial charge in [-0.25, -0.2) is 8.42 Å². The van der Waals surface area contributed by atoms with Gasteiger partial charge in [0.15, 0.2) is 0 Å². The Balaban J connectivity index is 2.54. The van der Waals surface area contributed by atoms with Crippen LogP contribution in [-0.2, 0) is 14.8 Å². The van der Waals surface area contributed by atoms with Gasteiger partial charge in [-0.2, -0.15) is 4.31 Å². The van der Waals surface area contributed by atoms with Crippen LogP contribution in [0.5, 0.6) is 0 Å². The van der Waals surface area contributed by atoms with Gasteiger partial charge in [-0.3, -0.25) is 0 Å². The maximum absolute atomic E-state index is 13.0. The molecule has 2 rings (SSSR count). The lowest BCUT2D eigenvalue weighted by Crippen LogP contribution is -2.55. The van der Waals surface area contributed by atoms with E-state index in [1.165, 1.54) is 4.31 Å². The molecule has 1 atom stereocenters. The second-order valence-corrected chi connectivity index (χ2v) is 8.59. The molecule has 1 aliphatic rings. The Morgan fingerprint density at radius 1 is 1.33 bits per heavy atom. The first-order chi connectivity index (χ1) is 9.56. The van der Waals surface area contributed by atoms with Gasteiger partial charge < -0.3 is 4.74 Å². The Morgan fingerprint density at radius 3 is 2.57 bits per heavy atom. The highest BCUT2D eigenvalue weighted by molar-refractivity contribution is 7.89. The predicted octanol–water partition coefficient (Wildman–Crippen LogP) is 3.49. The van der Waals surface area contributed by atoms with Crippen molar-refractivity contribution in [3.8, 4) is 0 Å². The average molecular weight is 352 g/mol. The van der Waals surface area contributed by atoms with E-state index in [9.17, 15) is 8.42 Å². The lowest BCUT2D eigenvalue weighted by Gasteiger charge is -2.41. The van der Waals surface area contributed by atoms with Gasteiger partial charge >= 0.3 is 0 Å². The van der Waals surface area contributed by atoms with Crippen LogP contribution in [0, 0.1) is 6.92 Å². The van der Waals surface area contributed by atoms with E-state index in [0.717, 1.165) is 0 Å². The summed E-state index contributed by atoms with van der Waals surface area (Å²) in [6.45, 7) is 7.89. The minimum Gasteiger partial charge on any atom is -0.373 e. The highest BCUT2D eigenvalue weighted by atomic mass is 35.5. The molecule has 1 aromatic rings. The van der Waals surface area contributed by atoms with Crippen LogP contribution < -0.4 is 0 Å². The SMILES string of the molecule is Cc1ccc(Cl)c(S(=O)(=O)N2CC(C)(C)OC[C@@H]2C)c1Cl. The molecule has 0 unspecified atom stereocenters. The van der Waals surface area contributed by atoms with Gasteiger partial charge in [-0.15, -0.1) is 0 Å². The summed E-state index contributed by atoms with van der Waals surface area (Å²) in [5.74, 6) is 0. The molecule has 118 valence electrons. The third kappa shape index (κ3) is 3.22. The average Bonchev–Trinajstić information content (AvgIpc) is 2.37. The minimum absolute atomic E-state index is 0.0182. The van der Waals surface area contributed by atoms with Crippen LogP contribution in [0.1, 0.15) is 26.3 Å². The summed E-state index contributed by atoms with van der Waals surface area (Å²) >= 11 is 12.3. The number of hydrogen-bond acceptors (Lipinski definition) is 3. The predicted molar refractivity (Wildman–Crippen MR) is 84.6 cm³/mol. The number of nitrogens with zero attached hydrogens (tertiary/aromatic N) is 1. The second-order valence-electron chi connectivity index (χ2n) is 5.98. The first-order valence-corrected chi connectivity index (χ1v) is 8.86. The van der Waals surface area contributed by atoms with Crippen molar-refractivity contribution in [1.29, 1.82) is 0 Å². The molecule has 1 aliphatic heterocycles. The van der Waals surface area contributed by atoms with Gasteiger partial charge in [-0.1, -0.05) is 29.3 Å². The number of hydrogen-bond donors (Lipinski definition) is 0. The number of halogens is 2. The molecule has 0 aromatic heterocycles. The zero-order chi connectivity index (χ0) is 16.0. The fourth-order valence-corrected chi connectivity index (χ4v) is 5.22. The van der Waals surface area contributed by atoms with Crippen LogP contribution in [0.4, 0.5) is 0 Å². The van der Waals surface area contributed by atoms with Crippen molar-refractivity contribution >= 4 is 33.2 Å². The molecule has 1 aromatic carbocycles. The van der Waals surface area contributed by atoms with Gasteiger partial charge in [0.05, 0.1) is 22.3 Å². The van der Waals surface area contributed by atoms with E-state index in [0.29, 0.717) is 12.2 Å². The van der Waals surface area contributed by atoms with E-state index >= 15 is 0 Å². The molecule has 0 spiro atoms. The molecule has 1 fully saturated rings. The quantitative estimate of drug-likeness (QED) is 0.819. The highest BCUT2D eigenvalue weighted by Crippen LogP contribution is 2.36. The Morgan fingerprint density at radius 2 is 1.95 bits per heavy atom. The van der Waals surface area contributed by atoms with E-state index in [4.69, 9.17) is 27.9 Å². The van der Waals surface area contributed by atoms with Crippen molar-refractivity contribution in [2.75, 3.05) is 13.2 Å². The normalized spacial score (nSPS) is 23.2. The van der Waals surface area contributed by atoms with Crippen LogP contribution in [-0.4, -0.2) is 37.5 Å². The number of rotatable bonds is 2. The maximum atomic E-state index is 13.0. The lowest BCUT2D eigenvalue weighted by molar-refractivity contribution is -0.0849. The Labute approximate surface area is 136 Å². The molecule has 0 radical (unpaired) electrons. The fraction of sp³-hybridized carbons (Fsp3) is 0.571. The van der Waals surface area contributed by atoms with Crippen LogP contribution in [0.3, 0.4) is 0 Å². The third-order valence-electron chi connectivity index (χ3n) is 3.55. The molecule has 0 aliphatic carbocycles. The largest absolute Gasteiger partial charge is 0.373 e. The number of sulfonamides is 1. The third-order valence-corrected chi connectivity index (χ3v) is 6.62. The number of benzene rings is 1. The van der Waals surface area contributed by atoms with E-state index in [1.807, 2.05) is 20.8 Å². The molecular weight excluding hydrogens is 333 g/mol. The monoisotopic (exact) mass is 351 g/mol. The lowest BCUT2D eigenvalue weighted by atomic mass is 10.1. The molecule has 0 amide bonds. The summed E-state index contributed by atoms with van der Waals surface area (Å²) in [6.07, 6.45) is 0. The van der Waals surface area contributed by atoms with Crippen molar-refractivity contribution in [1.82, 2.24) is 4.31 Å². The first kappa shape index (κ1) is 17.0. The molecule has 21 heavy (non-hydrogen) atoms. The molecule has 0 N–H and O–H groups in total. The van der Waals surface area contributed by atoms with Crippen molar-refractivity contribution in [3.63, 3.8) is 0 Å². The summed E-state index contributed by atoms with van der Waals surface area (Å²) in [6, 6.07) is 3.00. The van der Waals surface area contributed by atoms with Gasteiger partial charge in [0.1, 0.15) is 4.90 Å². The van der Waals surface area contributed by atoms with Crippen LogP contribution >= 0.6 is 23.2 Å². The topological polar surface area (TPSA) is 46.6 Å². The summed E-state index contributed by atoms with van der Waals surface area (Å²) in [7, 11) is -3.78. The van der Waals surface area contributed by atoms with E-state index in [2.05, 4.69) is 0 Å². The molecule has 1 heterocycles. The minimum atomic E-state index is -3.78. The molecule has 1 saturated heterocycles. The van der Waals surface area contributed by atoms with Gasteiger partial charge in [0.25, 0.3) is 0 Å².